The first-order chi connectivity index (χ1) is 14.4. The van der Waals surface area contributed by atoms with Crippen molar-refractivity contribution in [2.45, 2.75) is 30.6 Å². The molecule has 2 aromatic carbocycles. The molecule has 160 valence electrons. The Balaban J connectivity index is 2.23. The van der Waals surface area contributed by atoms with Crippen LogP contribution in [0.1, 0.15) is 31.1 Å². The highest BCUT2D eigenvalue weighted by Gasteiger charge is 2.30. The van der Waals surface area contributed by atoms with Crippen LogP contribution in [0.4, 0.5) is 0 Å². The molecule has 0 N–H and O–H groups in total. The van der Waals surface area contributed by atoms with Crippen molar-refractivity contribution < 1.29 is 28.0 Å². The second-order valence-electron chi connectivity index (χ2n) is 5.99. The number of nitrogens with zero attached hydrogens (tertiary/aromatic N) is 1. The Morgan fingerprint density at radius 3 is 2.03 bits per heavy atom. The molecule has 0 heterocycles. The van der Waals surface area contributed by atoms with Crippen LogP contribution in [-0.2, 0) is 23.2 Å². The number of benzene rings is 2. The smallest absolute Gasteiger partial charge is 0.318 e. The highest BCUT2D eigenvalue weighted by molar-refractivity contribution is 7.99. The molecule has 0 spiro atoms. The monoisotopic (exact) mass is 449 g/mol. The average molecular weight is 449 g/mol. The first kappa shape index (κ1) is 24.0. The predicted molar refractivity (Wildman–Crippen MR) is 116 cm³/mol. The summed E-state index contributed by atoms with van der Waals surface area (Å²) in [4.78, 5) is 30.8. The average Bonchev–Trinajstić information content (AvgIpc) is 2.72. The van der Waals surface area contributed by atoms with Gasteiger partial charge in [-0.2, -0.15) is 0 Å². The second kappa shape index (κ2) is 11.8. The van der Waals surface area contributed by atoms with E-state index < -0.39 is 25.5 Å². The van der Waals surface area contributed by atoms with Gasteiger partial charge in [-0.25, -0.2) is 4.79 Å². The van der Waals surface area contributed by atoms with Gasteiger partial charge in [-0.3, -0.25) is 9.36 Å². The molecule has 0 saturated carbocycles. The van der Waals surface area contributed by atoms with E-state index in [9.17, 15) is 14.2 Å². The normalized spacial score (nSPS) is 11.9. The van der Waals surface area contributed by atoms with E-state index in [1.807, 2.05) is 30.3 Å². The molecule has 0 fully saturated rings. The van der Waals surface area contributed by atoms with Crippen molar-refractivity contribution in [1.29, 1.82) is 0 Å². The van der Waals surface area contributed by atoms with Crippen molar-refractivity contribution in [3.05, 3.63) is 60.2 Å². The van der Waals surface area contributed by atoms with E-state index >= 15 is 0 Å². The molecule has 2 aromatic rings. The third-order valence-corrected chi connectivity index (χ3v) is 6.64. The van der Waals surface area contributed by atoms with Crippen LogP contribution in [0.25, 0.3) is 0 Å². The topological polar surface area (TPSA) is 91.3 Å². The van der Waals surface area contributed by atoms with Crippen LogP contribution in [0.5, 0.6) is 0 Å². The fourth-order valence-corrected chi connectivity index (χ4v) is 4.88. The van der Waals surface area contributed by atoms with Crippen molar-refractivity contribution in [2.75, 3.05) is 19.4 Å². The van der Waals surface area contributed by atoms with Crippen LogP contribution in [0.2, 0.25) is 0 Å². The fraction of sp³-hybridized carbons (Fsp3) is 0.286. The lowest BCUT2D eigenvalue weighted by Crippen LogP contribution is -2.21. The van der Waals surface area contributed by atoms with Gasteiger partial charge in [0.1, 0.15) is 5.71 Å². The molecule has 0 amide bonds. The quantitative estimate of drug-likeness (QED) is 0.153. The minimum atomic E-state index is -3.61. The lowest BCUT2D eigenvalue weighted by molar-refractivity contribution is -0.140. The van der Waals surface area contributed by atoms with Gasteiger partial charge in [0.05, 0.1) is 19.4 Å². The van der Waals surface area contributed by atoms with Gasteiger partial charge in [0.25, 0.3) is 0 Å². The molecule has 0 aromatic heterocycles. The standard InChI is InChI=1S/C21H24NO6PS/c1-4-26-29(25,27-5-2)15-20(22-28-16(3)23)21(24)17-11-13-19(14-12-17)30-18-9-7-6-8-10-18/h6-14H,4-5,15H2,1-3H3/b22-20+. The van der Waals surface area contributed by atoms with Gasteiger partial charge in [0.2, 0.25) is 5.78 Å². The number of ketones is 1. The van der Waals surface area contributed by atoms with E-state index in [4.69, 9.17) is 9.05 Å². The van der Waals surface area contributed by atoms with Gasteiger partial charge in [-0.05, 0) is 50.2 Å². The molecule has 0 saturated heterocycles. The molecule has 2 rings (SSSR count). The Kier molecular flexibility index (Phi) is 9.46. The first-order valence-corrected chi connectivity index (χ1v) is 11.9. The molecule has 0 radical (unpaired) electrons. The maximum absolute atomic E-state index is 13.0. The Labute approximate surface area is 180 Å². The zero-order valence-electron chi connectivity index (χ0n) is 17.1. The number of Topliss-reactive ketones (excluding diaryl/α,β-unsaturated/α-hetero) is 1. The van der Waals surface area contributed by atoms with Crippen LogP contribution in [-0.4, -0.2) is 36.8 Å². The Morgan fingerprint density at radius 2 is 1.50 bits per heavy atom. The molecule has 7 nitrogen and oxygen atoms in total. The molecule has 0 bridgehead atoms. The molecule has 30 heavy (non-hydrogen) atoms. The van der Waals surface area contributed by atoms with E-state index in [0.717, 1.165) is 16.7 Å². The number of carbonyl (C=O) groups is 2. The summed E-state index contributed by atoms with van der Waals surface area (Å²) in [6.45, 7) is 4.76. The number of rotatable bonds is 11. The van der Waals surface area contributed by atoms with Crippen molar-refractivity contribution in [3.63, 3.8) is 0 Å². The number of hydrogen-bond donors (Lipinski definition) is 0. The van der Waals surface area contributed by atoms with Crippen LogP contribution in [0.15, 0.2) is 69.5 Å². The van der Waals surface area contributed by atoms with E-state index in [1.54, 1.807) is 49.9 Å². The van der Waals surface area contributed by atoms with E-state index in [1.165, 1.54) is 0 Å². The van der Waals surface area contributed by atoms with Crippen molar-refractivity contribution in [3.8, 4) is 0 Å². The van der Waals surface area contributed by atoms with Crippen LogP contribution >= 0.6 is 19.4 Å². The number of carbonyl (C=O) groups excluding carboxylic acids is 2. The molecule has 0 aliphatic carbocycles. The highest BCUT2D eigenvalue weighted by atomic mass is 32.2. The molecule has 9 heteroatoms. The number of hydrogen-bond acceptors (Lipinski definition) is 8. The summed E-state index contributed by atoms with van der Waals surface area (Å²) in [5, 5.41) is 3.62. The lowest BCUT2D eigenvalue weighted by atomic mass is 10.1. The third kappa shape index (κ3) is 7.54. The molecule has 0 unspecified atom stereocenters. The molecular weight excluding hydrogens is 425 g/mol. The summed E-state index contributed by atoms with van der Waals surface area (Å²) in [6.07, 6.45) is -0.401. The van der Waals surface area contributed by atoms with Gasteiger partial charge >= 0.3 is 13.6 Å². The van der Waals surface area contributed by atoms with Gasteiger partial charge in [0.15, 0.2) is 0 Å². The van der Waals surface area contributed by atoms with E-state index in [0.29, 0.717) is 5.56 Å². The Bertz CT molecular complexity index is 920. The fourth-order valence-electron chi connectivity index (χ4n) is 2.43. The van der Waals surface area contributed by atoms with Crippen molar-refractivity contribution in [2.24, 2.45) is 5.16 Å². The zero-order valence-corrected chi connectivity index (χ0v) is 18.8. The van der Waals surface area contributed by atoms with Crippen LogP contribution < -0.4 is 0 Å². The summed E-state index contributed by atoms with van der Waals surface area (Å²) < 4.78 is 23.3. The summed E-state index contributed by atoms with van der Waals surface area (Å²) >= 11 is 1.56. The highest BCUT2D eigenvalue weighted by Crippen LogP contribution is 2.48. The van der Waals surface area contributed by atoms with Gasteiger partial charge < -0.3 is 13.9 Å². The first-order valence-electron chi connectivity index (χ1n) is 9.37. The SMILES string of the molecule is CCOP(=O)(C/C(=N\OC(C)=O)C(=O)c1ccc(Sc2ccccc2)cc1)OCC. The summed E-state index contributed by atoms with van der Waals surface area (Å²) in [7, 11) is -3.61. The van der Waals surface area contributed by atoms with Gasteiger partial charge in [0, 0.05) is 22.3 Å². The predicted octanol–water partition coefficient (Wildman–Crippen LogP) is 5.21. The van der Waals surface area contributed by atoms with Crippen molar-refractivity contribution in [1.82, 2.24) is 0 Å². The third-order valence-electron chi connectivity index (χ3n) is 3.64. The Hall–Kier alpha value is -2.25. The lowest BCUT2D eigenvalue weighted by Gasteiger charge is -2.17. The molecular formula is C21H24NO6PS. The zero-order chi connectivity index (χ0) is 22.0. The van der Waals surface area contributed by atoms with Gasteiger partial charge in [-0.1, -0.05) is 35.1 Å². The molecule has 0 atom stereocenters. The summed E-state index contributed by atoms with van der Waals surface area (Å²) in [6, 6.07) is 16.7. The van der Waals surface area contributed by atoms with Crippen LogP contribution in [0, 0.1) is 0 Å². The van der Waals surface area contributed by atoms with E-state index in [2.05, 4.69) is 9.99 Å². The summed E-state index contributed by atoms with van der Waals surface area (Å²) in [5.74, 6) is -1.22. The largest absolute Gasteiger partial charge is 0.336 e. The maximum Gasteiger partial charge on any atom is 0.336 e. The van der Waals surface area contributed by atoms with Crippen LogP contribution in [0.3, 0.4) is 0 Å². The minimum Gasteiger partial charge on any atom is -0.318 e. The minimum absolute atomic E-state index is 0.137. The Morgan fingerprint density at radius 1 is 0.933 bits per heavy atom. The molecule has 0 aliphatic rings. The maximum atomic E-state index is 13.0. The van der Waals surface area contributed by atoms with Crippen molar-refractivity contribution >= 4 is 36.8 Å². The number of oxime groups is 1. The second-order valence-corrected chi connectivity index (χ2v) is 9.20. The molecule has 0 aliphatic heterocycles. The summed E-state index contributed by atoms with van der Waals surface area (Å²) in [5.41, 5.74) is 0.108. The van der Waals surface area contributed by atoms with E-state index in [-0.39, 0.29) is 18.9 Å². The van der Waals surface area contributed by atoms with Gasteiger partial charge in [-0.15, -0.1) is 0 Å².